The highest BCUT2D eigenvalue weighted by atomic mass is 16.8. The van der Waals surface area contributed by atoms with Crippen molar-refractivity contribution in [2.45, 2.75) is 204 Å². The summed E-state index contributed by atoms with van der Waals surface area (Å²) in [5.41, 5.74) is -6.81. The molecule has 15 nitrogen and oxygen atoms in total. The molecule has 1 fully saturated rings. The van der Waals surface area contributed by atoms with E-state index in [1.165, 1.54) is 0 Å². The molecular formula is C37H66O15. The monoisotopic (exact) mass is 750 g/mol. The smallest absolute Gasteiger partial charge is 0.306 e. The lowest BCUT2D eigenvalue weighted by molar-refractivity contribution is -0.378. The maximum absolute atomic E-state index is 14.3. The van der Waals surface area contributed by atoms with Crippen LogP contribution in [0.1, 0.15) is 143 Å². The number of ketones is 3. The first-order chi connectivity index (χ1) is 24.6. The highest BCUT2D eigenvalue weighted by Crippen LogP contribution is 2.45. The van der Waals surface area contributed by atoms with Gasteiger partial charge in [-0.05, 0) is 25.7 Å². The average molecular weight is 751 g/mol. The number of carbonyl (C=O) groups excluding carboxylic acids is 4. The lowest BCUT2D eigenvalue weighted by atomic mass is 9.64. The number of ether oxygens (including phenoxy) is 3. The summed E-state index contributed by atoms with van der Waals surface area (Å²) in [7, 11) is 0. The maximum Gasteiger partial charge on any atom is 0.306 e. The second-order valence-electron chi connectivity index (χ2n) is 13.9. The first-order valence-electron chi connectivity index (χ1n) is 19.2. The lowest BCUT2D eigenvalue weighted by Crippen LogP contribution is -2.82. The molecule has 1 saturated heterocycles. The zero-order chi connectivity index (χ0) is 39.5. The molecule has 0 aromatic rings. The Kier molecular flexibility index (Phi) is 22.6. The second kappa shape index (κ2) is 24.5. The van der Waals surface area contributed by atoms with Crippen LogP contribution in [0, 0.1) is 0 Å². The van der Waals surface area contributed by atoms with Crippen molar-refractivity contribution in [3.8, 4) is 0 Å². The van der Waals surface area contributed by atoms with E-state index in [9.17, 15) is 60.0 Å². The van der Waals surface area contributed by atoms with Gasteiger partial charge in [-0.25, -0.2) is 0 Å². The maximum atomic E-state index is 14.3. The lowest BCUT2D eigenvalue weighted by Gasteiger charge is -2.55. The van der Waals surface area contributed by atoms with Crippen molar-refractivity contribution in [3.63, 3.8) is 0 Å². The van der Waals surface area contributed by atoms with Crippen molar-refractivity contribution in [2.24, 2.45) is 0 Å². The van der Waals surface area contributed by atoms with E-state index < -0.39 is 103 Å². The summed E-state index contributed by atoms with van der Waals surface area (Å²) >= 11 is 0. The normalized spacial score (nSPS) is 26.3. The van der Waals surface area contributed by atoms with Crippen LogP contribution in [0.25, 0.3) is 0 Å². The van der Waals surface area contributed by atoms with Crippen molar-refractivity contribution >= 4 is 23.3 Å². The summed E-state index contributed by atoms with van der Waals surface area (Å²) in [4.78, 5) is 55.1. The number of hydrogen-bond donors (Lipinski definition) is 8. The second-order valence-corrected chi connectivity index (χ2v) is 13.9. The Hall–Kier alpha value is -1.92. The molecule has 1 aliphatic rings. The van der Waals surface area contributed by atoms with Crippen LogP contribution < -0.4 is 0 Å². The Morgan fingerprint density at radius 2 is 1.10 bits per heavy atom. The van der Waals surface area contributed by atoms with E-state index in [-0.39, 0.29) is 25.7 Å². The number of esters is 1. The Morgan fingerprint density at radius 1 is 0.635 bits per heavy atom. The molecule has 0 spiro atoms. The summed E-state index contributed by atoms with van der Waals surface area (Å²) in [5.74, 6) is -4.26. The van der Waals surface area contributed by atoms with Gasteiger partial charge in [-0.1, -0.05) is 91.9 Å². The van der Waals surface area contributed by atoms with E-state index in [1.54, 1.807) is 0 Å². The molecule has 8 N–H and O–H groups in total. The van der Waals surface area contributed by atoms with E-state index in [4.69, 9.17) is 14.2 Å². The minimum atomic E-state index is -3.42. The van der Waals surface area contributed by atoms with Gasteiger partial charge in [0.15, 0.2) is 35.3 Å². The molecule has 1 rings (SSSR count). The number of unbranched alkanes of at least 4 members (excludes halogenated alkanes) is 10. The van der Waals surface area contributed by atoms with E-state index in [2.05, 4.69) is 0 Å². The molecule has 0 amide bonds. The van der Waals surface area contributed by atoms with Crippen molar-refractivity contribution in [1.29, 1.82) is 0 Å². The summed E-state index contributed by atoms with van der Waals surface area (Å²) < 4.78 is 16.9. The van der Waals surface area contributed by atoms with Gasteiger partial charge in [-0.2, -0.15) is 0 Å². The molecule has 0 aromatic carbocycles. The summed E-state index contributed by atoms with van der Waals surface area (Å²) in [6.07, 6.45) is -12.0. The van der Waals surface area contributed by atoms with Crippen molar-refractivity contribution in [2.75, 3.05) is 6.61 Å². The van der Waals surface area contributed by atoms with Gasteiger partial charge < -0.3 is 55.1 Å². The zero-order valence-corrected chi connectivity index (χ0v) is 31.5. The summed E-state index contributed by atoms with van der Waals surface area (Å²) in [5, 5.41) is 87.3. The van der Waals surface area contributed by atoms with Crippen LogP contribution in [0.4, 0.5) is 0 Å². The number of aliphatic hydroxyl groups excluding tert-OH is 6. The largest absolute Gasteiger partial charge is 0.453 e. The van der Waals surface area contributed by atoms with Crippen LogP contribution in [0.2, 0.25) is 0 Å². The summed E-state index contributed by atoms with van der Waals surface area (Å²) in [6.45, 7) is 6.57. The SMILES string of the molecule is CCCCCCCC(=O)O[C@@H]1[C@H](OC(O)[C@H](O)[C@@H](O)[C@@H](O)CO)O[C@H](C(O)C(=O)CCCCC)[C@](O)(C(=O)CCCCC)[C@@]1(O)C(=O)CCCCC. The van der Waals surface area contributed by atoms with Gasteiger partial charge in [0, 0.05) is 25.7 Å². The number of carbonyl (C=O) groups is 4. The van der Waals surface area contributed by atoms with Crippen LogP contribution in [0.3, 0.4) is 0 Å². The molecule has 304 valence electrons. The van der Waals surface area contributed by atoms with E-state index in [1.807, 2.05) is 27.7 Å². The molecule has 52 heavy (non-hydrogen) atoms. The number of rotatable bonds is 29. The molecule has 10 atom stereocenters. The van der Waals surface area contributed by atoms with Crippen molar-refractivity contribution < 1.29 is 74.2 Å². The van der Waals surface area contributed by atoms with Gasteiger partial charge in [0.25, 0.3) is 0 Å². The van der Waals surface area contributed by atoms with E-state index >= 15 is 0 Å². The van der Waals surface area contributed by atoms with Gasteiger partial charge in [0.05, 0.1) is 6.61 Å². The zero-order valence-electron chi connectivity index (χ0n) is 31.5. The predicted octanol–water partition coefficient (Wildman–Crippen LogP) is 1.66. The fourth-order valence-electron chi connectivity index (χ4n) is 6.35. The molecule has 1 heterocycles. The van der Waals surface area contributed by atoms with Gasteiger partial charge in [-0.3, -0.25) is 19.2 Å². The first kappa shape index (κ1) is 48.1. The fraction of sp³-hybridized carbons (Fsp3) is 0.892. The Morgan fingerprint density at radius 3 is 1.62 bits per heavy atom. The van der Waals surface area contributed by atoms with Gasteiger partial charge >= 0.3 is 5.97 Å². The van der Waals surface area contributed by atoms with Crippen LogP contribution in [0.5, 0.6) is 0 Å². The van der Waals surface area contributed by atoms with Gasteiger partial charge in [0.1, 0.15) is 30.5 Å². The van der Waals surface area contributed by atoms with Crippen LogP contribution >= 0.6 is 0 Å². The Labute approximate surface area is 307 Å². The molecule has 0 aliphatic carbocycles. The third-order valence-electron chi connectivity index (χ3n) is 9.68. The average Bonchev–Trinajstić information content (AvgIpc) is 3.13. The quantitative estimate of drug-likeness (QED) is 0.0307. The molecule has 0 saturated carbocycles. The summed E-state index contributed by atoms with van der Waals surface area (Å²) in [6, 6.07) is 0. The third kappa shape index (κ3) is 12.8. The van der Waals surface area contributed by atoms with Crippen molar-refractivity contribution in [1.82, 2.24) is 0 Å². The van der Waals surface area contributed by atoms with E-state index in [0.717, 1.165) is 19.3 Å². The van der Waals surface area contributed by atoms with Crippen LogP contribution in [0.15, 0.2) is 0 Å². The minimum absolute atomic E-state index is 0.165. The topological polar surface area (TPSA) is 258 Å². The molecular weight excluding hydrogens is 684 g/mol. The molecule has 2 unspecified atom stereocenters. The van der Waals surface area contributed by atoms with Crippen LogP contribution in [-0.2, 0) is 33.4 Å². The minimum Gasteiger partial charge on any atom is -0.453 e. The van der Waals surface area contributed by atoms with Crippen molar-refractivity contribution in [3.05, 3.63) is 0 Å². The number of hydrogen-bond acceptors (Lipinski definition) is 15. The Bertz CT molecular complexity index is 1070. The Balaban J connectivity index is 3.96. The number of Topliss-reactive ketones (excluding diaryl/α,β-unsaturated/α-hetero) is 3. The van der Waals surface area contributed by atoms with Gasteiger partial charge in [-0.15, -0.1) is 0 Å². The number of aliphatic hydroxyl groups is 8. The highest BCUT2D eigenvalue weighted by Gasteiger charge is 2.74. The standard InChI is InChI=1S/C37H66O15/c1-5-9-13-14-18-22-28(43)50-33-35(52-34(47)31(46)29(44)25(40)23-38)51-32(30(45)24(39)19-15-10-6-2)36(48,26(41)20-16-11-7-3)37(33,49)27(42)21-17-12-8-4/h25,29-35,38,40,44-49H,5-23H2,1-4H3/t25-,29-,30?,31+,32+,33+,34?,35-,36+,37+/m0/s1. The first-order valence-corrected chi connectivity index (χ1v) is 19.2. The molecule has 15 heteroatoms. The highest BCUT2D eigenvalue weighted by molar-refractivity contribution is 6.01. The van der Waals surface area contributed by atoms with Crippen LogP contribution in [-0.4, -0.2) is 131 Å². The van der Waals surface area contributed by atoms with E-state index in [0.29, 0.717) is 57.8 Å². The fourth-order valence-corrected chi connectivity index (χ4v) is 6.35. The molecule has 1 aliphatic heterocycles. The molecule has 0 bridgehead atoms. The van der Waals surface area contributed by atoms with Gasteiger partial charge in [0.2, 0.25) is 11.9 Å². The molecule has 0 radical (unpaired) electrons. The third-order valence-corrected chi connectivity index (χ3v) is 9.68. The predicted molar refractivity (Wildman–Crippen MR) is 187 cm³/mol. The molecule has 0 aromatic heterocycles.